The molecule has 84 valence electrons. The Kier molecular flexibility index (Phi) is 3.95. The first-order chi connectivity index (χ1) is 8.28. The first-order valence-corrected chi connectivity index (χ1v) is 6.32. The zero-order valence-electron chi connectivity index (χ0n) is 9.08. The molecule has 0 aliphatic carbocycles. The molecule has 2 heteroatoms. The fourth-order valence-electron chi connectivity index (χ4n) is 1.35. The molecule has 0 amide bonds. The van der Waals surface area contributed by atoms with Gasteiger partial charge in [0.15, 0.2) is 0 Å². The summed E-state index contributed by atoms with van der Waals surface area (Å²) < 4.78 is 12.7. The highest BCUT2D eigenvalue weighted by Crippen LogP contribution is 2.07. The van der Waals surface area contributed by atoms with Crippen molar-refractivity contribution >= 4 is 15.9 Å². The number of halogens is 2. The van der Waals surface area contributed by atoms with Crippen molar-refractivity contribution in [2.45, 2.75) is 5.33 Å². The third kappa shape index (κ3) is 3.44. The number of hydrogen-bond acceptors (Lipinski definition) is 0. The van der Waals surface area contributed by atoms with Crippen molar-refractivity contribution in [1.29, 1.82) is 0 Å². The van der Waals surface area contributed by atoms with Gasteiger partial charge in [-0.15, -0.1) is 0 Å². The third-order valence-corrected chi connectivity index (χ3v) is 2.95. The molecule has 0 bridgehead atoms. The molecule has 0 aliphatic heterocycles. The highest BCUT2D eigenvalue weighted by atomic mass is 79.9. The van der Waals surface area contributed by atoms with Crippen molar-refractivity contribution in [2.24, 2.45) is 0 Å². The number of hydrogen-bond donors (Lipinski definition) is 0. The monoisotopic (exact) mass is 288 g/mol. The van der Waals surface area contributed by atoms with E-state index in [4.69, 9.17) is 0 Å². The summed E-state index contributed by atoms with van der Waals surface area (Å²) in [5.74, 6) is 5.80. The molecule has 0 nitrogen and oxygen atoms in total. The Balaban J connectivity index is 2.17. The van der Waals surface area contributed by atoms with Crippen LogP contribution in [0.4, 0.5) is 4.39 Å². The minimum Gasteiger partial charge on any atom is -0.207 e. The highest BCUT2D eigenvalue weighted by molar-refractivity contribution is 9.08. The van der Waals surface area contributed by atoms with Crippen molar-refractivity contribution in [3.63, 3.8) is 0 Å². The van der Waals surface area contributed by atoms with Crippen LogP contribution in [0.25, 0.3) is 0 Å². The van der Waals surface area contributed by atoms with Crippen molar-refractivity contribution in [3.05, 3.63) is 71.0 Å². The molecule has 17 heavy (non-hydrogen) atoms. The molecule has 0 fully saturated rings. The van der Waals surface area contributed by atoms with E-state index < -0.39 is 0 Å². The molecular formula is C15H10BrF. The molecule has 0 saturated carbocycles. The maximum absolute atomic E-state index is 12.7. The van der Waals surface area contributed by atoms with Gasteiger partial charge in [-0.2, -0.15) is 0 Å². The summed E-state index contributed by atoms with van der Waals surface area (Å²) in [5.41, 5.74) is 2.99. The van der Waals surface area contributed by atoms with E-state index in [1.54, 1.807) is 12.1 Å². The van der Waals surface area contributed by atoms with Crippen LogP contribution in [0.15, 0.2) is 48.5 Å². The van der Waals surface area contributed by atoms with Crippen molar-refractivity contribution in [3.8, 4) is 11.8 Å². The maximum atomic E-state index is 12.7. The Morgan fingerprint density at radius 3 is 1.76 bits per heavy atom. The molecular weight excluding hydrogens is 279 g/mol. The molecule has 0 saturated heterocycles. The standard InChI is InChI=1S/C15H10BrF/c16-11-14-5-3-12(4-6-14)1-2-13-7-9-15(17)10-8-13/h3-10H,11H2. The molecule has 0 atom stereocenters. The molecule has 0 aromatic heterocycles. The summed E-state index contributed by atoms with van der Waals surface area (Å²) in [6.07, 6.45) is 0. The van der Waals surface area contributed by atoms with Gasteiger partial charge in [-0.1, -0.05) is 39.9 Å². The van der Waals surface area contributed by atoms with E-state index in [0.29, 0.717) is 0 Å². The average molecular weight is 289 g/mol. The highest BCUT2D eigenvalue weighted by Gasteiger charge is 1.91. The largest absolute Gasteiger partial charge is 0.207 e. The summed E-state index contributed by atoms with van der Waals surface area (Å²) in [5, 5.41) is 0.846. The van der Waals surface area contributed by atoms with Crippen molar-refractivity contribution < 1.29 is 4.39 Å². The molecule has 2 aromatic rings. The Morgan fingerprint density at radius 2 is 1.29 bits per heavy atom. The van der Waals surface area contributed by atoms with Gasteiger partial charge in [-0.05, 0) is 42.0 Å². The molecule has 0 N–H and O–H groups in total. The van der Waals surface area contributed by atoms with E-state index in [0.717, 1.165) is 16.5 Å². The maximum Gasteiger partial charge on any atom is 0.123 e. The van der Waals surface area contributed by atoms with Crippen LogP contribution in [0.5, 0.6) is 0 Å². The van der Waals surface area contributed by atoms with Gasteiger partial charge in [0.1, 0.15) is 5.82 Å². The molecule has 0 spiro atoms. The minimum absolute atomic E-state index is 0.239. The van der Waals surface area contributed by atoms with Crippen LogP contribution in [-0.4, -0.2) is 0 Å². The van der Waals surface area contributed by atoms with Gasteiger partial charge in [0, 0.05) is 16.5 Å². The van der Waals surface area contributed by atoms with Gasteiger partial charge in [0.25, 0.3) is 0 Å². The summed E-state index contributed by atoms with van der Waals surface area (Å²) in [4.78, 5) is 0. The van der Waals surface area contributed by atoms with Crippen molar-refractivity contribution in [2.75, 3.05) is 0 Å². The Bertz CT molecular complexity index is 544. The molecule has 0 radical (unpaired) electrons. The van der Waals surface area contributed by atoms with Crippen LogP contribution >= 0.6 is 15.9 Å². The van der Waals surface area contributed by atoms with E-state index in [1.807, 2.05) is 24.3 Å². The third-order valence-electron chi connectivity index (χ3n) is 2.30. The van der Waals surface area contributed by atoms with Crippen molar-refractivity contribution in [1.82, 2.24) is 0 Å². The summed E-state index contributed by atoms with van der Waals surface area (Å²) in [6.45, 7) is 0. The lowest BCUT2D eigenvalue weighted by atomic mass is 10.1. The van der Waals surface area contributed by atoms with Gasteiger partial charge in [-0.25, -0.2) is 4.39 Å². The molecule has 0 aliphatic rings. The predicted octanol–water partition coefficient (Wildman–Crippen LogP) is 4.12. The first kappa shape index (κ1) is 11.9. The lowest BCUT2D eigenvalue weighted by molar-refractivity contribution is 0.627. The zero-order valence-corrected chi connectivity index (χ0v) is 10.7. The zero-order chi connectivity index (χ0) is 12.1. The van der Waals surface area contributed by atoms with Gasteiger partial charge in [0.2, 0.25) is 0 Å². The van der Waals surface area contributed by atoms with E-state index >= 15 is 0 Å². The Hall–Kier alpha value is -1.59. The topological polar surface area (TPSA) is 0 Å². The summed E-state index contributed by atoms with van der Waals surface area (Å²) in [6, 6.07) is 14.2. The number of benzene rings is 2. The van der Waals surface area contributed by atoms with E-state index in [2.05, 4.69) is 27.8 Å². The van der Waals surface area contributed by atoms with E-state index in [9.17, 15) is 4.39 Å². The van der Waals surface area contributed by atoms with Crippen LogP contribution in [-0.2, 0) is 5.33 Å². The SMILES string of the molecule is Fc1ccc(C#Cc2ccc(CBr)cc2)cc1. The summed E-state index contributed by atoms with van der Waals surface area (Å²) >= 11 is 3.39. The number of alkyl halides is 1. The van der Waals surface area contributed by atoms with Gasteiger partial charge < -0.3 is 0 Å². The lowest BCUT2D eigenvalue weighted by Gasteiger charge is -1.94. The van der Waals surface area contributed by atoms with Crippen LogP contribution in [0.1, 0.15) is 16.7 Å². The smallest absolute Gasteiger partial charge is 0.123 e. The summed E-state index contributed by atoms with van der Waals surface area (Å²) in [7, 11) is 0. The predicted molar refractivity (Wildman–Crippen MR) is 71.5 cm³/mol. The van der Waals surface area contributed by atoms with E-state index in [-0.39, 0.29) is 5.82 Å². The van der Waals surface area contributed by atoms with Crippen LogP contribution < -0.4 is 0 Å². The first-order valence-electron chi connectivity index (χ1n) is 5.20. The van der Waals surface area contributed by atoms with Gasteiger partial charge in [-0.3, -0.25) is 0 Å². The van der Waals surface area contributed by atoms with Crippen LogP contribution in [0.2, 0.25) is 0 Å². The molecule has 2 rings (SSSR count). The fraction of sp³-hybridized carbons (Fsp3) is 0.0667. The quantitative estimate of drug-likeness (QED) is 0.547. The molecule has 2 aromatic carbocycles. The second-order valence-corrected chi connectivity index (χ2v) is 4.15. The van der Waals surface area contributed by atoms with Gasteiger partial charge >= 0.3 is 0 Å². The Labute approximate surface area is 109 Å². The fourth-order valence-corrected chi connectivity index (χ4v) is 1.73. The van der Waals surface area contributed by atoms with Crippen LogP contribution in [0, 0.1) is 17.7 Å². The average Bonchev–Trinajstić information content (AvgIpc) is 2.39. The Morgan fingerprint density at radius 1 is 0.824 bits per heavy atom. The number of rotatable bonds is 1. The lowest BCUT2D eigenvalue weighted by Crippen LogP contribution is -1.79. The normalized spacial score (nSPS) is 9.53. The van der Waals surface area contributed by atoms with Crippen LogP contribution in [0.3, 0.4) is 0 Å². The minimum atomic E-state index is -0.239. The molecule has 0 unspecified atom stereocenters. The van der Waals surface area contributed by atoms with Gasteiger partial charge in [0.05, 0.1) is 0 Å². The second-order valence-electron chi connectivity index (χ2n) is 3.59. The second kappa shape index (κ2) is 5.65. The molecule has 0 heterocycles. The van der Waals surface area contributed by atoms with E-state index in [1.165, 1.54) is 17.7 Å².